The molecular formula is C17H23N3O. The Morgan fingerprint density at radius 1 is 1.43 bits per heavy atom. The summed E-state index contributed by atoms with van der Waals surface area (Å²) in [7, 11) is 2.00. The fraction of sp³-hybridized carbons (Fsp3) is 0.529. The van der Waals surface area contributed by atoms with Gasteiger partial charge >= 0.3 is 0 Å². The smallest absolute Gasteiger partial charge is 0.241 e. The molecule has 1 aromatic rings. The van der Waals surface area contributed by atoms with E-state index < -0.39 is 0 Å². The van der Waals surface area contributed by atoms with Gasteiger partial charge in [-0.25, -0.2) is 0 Å². The van der Waals surface area contributed by atoms with E-state index in [0.29, 0.717) is 11.3 Å². The van der Waals surface area contributed by atoms with Gasteiger partial charge in [0.2, 0.25) is 5.91 Å². The van der Waals surface area contributed by atoms with E-state index in [9.17, 15) is 4.79 Å². The number of likely N-dealkylation sites (N-methyl/N-ethyl adjacent to an activating group) is 1. The highest BCUT2D eigenvalue weighted by Crippen LogP contribution is 2.25. The van der Waals surface area contributed by atoms with Crippen LogP contribution in [0.4, 0.5) is 5.69 Å². The molecule has 1 saturated carbocycles. The summed E-state index contributed by atoms with van der Waals surface area (Å²) in [5.41, 5.74) is 1.09. The molecule has 1 aliphatic rings. The molecule has 0 bridgehead atoms. The zero-order chi connectivity index (χ0) is 15.2. The summed E-state index contributed by atoms with van der Waals surface area (Å²) >= 11 is 0. The van der Waals surface area contributed by atoms with Gasteiger partial charge < -0.3 is 5.32 Å². The van der Waals surface area contributed by atoms with Gasteiger partial charge in [0.15, 0.2) is 0 Å². The molecule has 1 unspecified atom stereocenters. The molecule has 1 atom stereocenters. The van der Waals surface area contributed by atoms with E-state index in [4.69, 9.17) is 5.26 Å². The van der Waals surface area contributed by atoms with Gasteiger partial charge in [0.05, 0.1) is 17.3 Å². The Morgan fingerprint density at radius 3 is 2.76 bits per heavy atom. The molecular weight excluding hydrogens is 262 g/mol. The van der Waals surface area contributed by atoms with E-state index in [1.807, 2.05) is 20.0 Å². The summed E-state index contributed by atoms with van der Waals surface area (Å²) in [5.74, 6) is 0.662. The fourth-order valence-corrected chi connectivity index (χ4v) is 2.89. The van der Waals surface area contributed by atoms with Crippen LogP contribution in [0, 0.1) is 17.2 Å². The van der Waals surface area contributed by atoms with Crippen molar-refractivity contribution in [2.24, 2.45) is 5.92 Å². The Hall–Kier alpha value is -1.86. The minimum absolute atomic E-state index is 0.0572. The van der Waals surface area contributed by atoms with Crippen LogP contribution in [-0.4, -0.2) is 30.4 Å². The molecule has 2 rings (SSSR count). The Balaban J connectivity index is 1.94. The summed E-state index contributed by atoms with van der Waals surface area (Å²) in [6.45, 7) is 2.88. The lowest BCUT2D eigenvalue weighted by Crippen LogP contribution is -2.41. The number of hydrogen-bond acceptors (Lipinski definition) is 3. The maximum absolute atomic E-state index is 12.3. The number of rotatable bonds is 5. The van der Waals surface area contributed by atoms with Crippen molar-refractivity contribution in [1.29, 1.82) is 5.26 Å². The third kappa shape index (κ3) is 4.05. The second-order valence-electron chi connectivity index (χ2n) is 5.91. The van der Waals surface area contributed by atoms with Crippen LogP contribution in [0.1, 0.15) is 38.2 Å². The van der Waals surface area contributed by atoms with E-state index >= 15 is 0 Å². The number of carbonyl (C=O) groups is 1. The fourth-order valence-electron chi connectivity index (χ4n) is 2.89. The van der Waals surface area contributed by atoms with Gasteiger partial charge in [-0.3, -0.25) is 9.69 Å². The maximum atomic E-state index is 12.3. The van der Waals surface area contributed by atoms with Crippen LogP contribution in [0.2, 0.25) is 0 Å². The van der Waals surface area contributed by atoms with Crippen LogP contribution in [0.15, 0.2) is 24.3 Å². The molecule has 0 aromatic heterocycles. The highest BCUT2D eigenvalue weighted by molar-refractivity contribution is 5.95. The van der Waals surface area contributed by atoms with Gasteiger partial charge in [0.25, 0.3) is 0 Å². The zero-order valence-corrected chi connectivity index (χ0v) is 12.8. The molecule has 1 aromatic carbocycles. The van der Waals surface area contributed by atoms with Crippen LogP contribution < -0.4 is 5.32 Å². The highest BCUT2D eigenvalue weighted by atomic mass is 16.2. The van der Waals surface area contributed by atoms with Crippen LogP contribution >= 0.6 is 0 Å². The monoisotopic (exact) mass is 285 g/mol. The molecule has 1 fully saturated rings. The van der Waals surface area contributed by atoms with Crippen molar-refractivity contribution in [3.63, 3.8) is 0 Å². The number of carbonyl (C=O) groups excluding carboxylic acids is 1. The number of hydrogen-bond donors (Lipinski definition) is 1. The molecule has 1 amide bonds. The van der Waals surface area contributed by atoms with Crippen molar-refractivity contribution >= 4 is 11.6 Å². The minimum atomic E-state index is -0.197. The first-order valence-electron chi connectivity index (χ1n) is 7.62. The van der Waals surface area contributed by atoms with Gasteiger partial charge in [0.1, 0.15) is 6.07 Å². The predicted molar refractivity (Wildman–Crippen MR) is 83.8 cm³/mol. The Labute approximate surface area is 126 Å². The first kappa shape index (κ1) is 15.5. The van der Waals surface area contributed by atoms with Gasteiger partial charge in [-0.2, -0.15) is 5.26 Å². The van der Waals surface area contributed by atoms with Crippen molar-refractivity contribution in [3.8, 4) is 6.07 Å². The number of nitriles is 1. The molecule has 1 N–H and O–H groups in total. The summed E-state index contributed by atoms with van der Waals surface area (Å²) in [4.78, 5) is 14.4. The summed E-state index contributed by atoms with van der Waals surface area (Å²) in [6, 6.07) is 9.00. The molecule has 112 valence electrons. The summed E-state index contributed by atoms with van der Waals surface area (Å²) in [5, 5.41) is 11.9. The van der Waals surface area contributed by atoms with E-state index in [2.05, 4.69) is 16.3 Å². The SMILES string of the molecule is CC(C(=O)Nc1ccccc1C#N)N(C)CC1CCCC1. The number of para-hydroxylation sites is 1. The Bertz CT molecular complexity index is 529. The van der Waals surface area contributed by atoms with E-state index in [0.717, 1.165) is 12.5 Å². The molecule has 0 radical (unpaired) electrons. The van der Waals surface area contributed by atoms with Crippen molar-refractivity contribution in [2.45, 2.75) is 38.6 Å². The Kier molecular flexibility index (Phi) is 5.35. The largest absolute Gasteiger partial charge is 0.324 e. The van der Waals surface area contributed by atoms with Crippen molar-refractivity contribution in [3.05, 3.63) is 29.8 Å². The molecule has 1 aliphatic carbocycles. The van der Waals surface area contributed by atoms with Gasteiger partial charge in [-0.1, -0.05) is 25.0 Å². The molecule has 4 heteroatoms. The summed E-state index contributed by atoms with van der Waals surface area (Å²) < 4.78 is 0. The maximum Gasteiger partial charge on any atom is 0.241 e. The number of nitrogens with zero attached hydrogens (tertiary/aromatic N) is 2. The number of amides is 1. The van der Waals surface area contributed by atoms with E-state index in [-0.39, 0.29) is 11.9 Å². The average Bonchev–Trinajstić information content (AvgIpc) is 2.99. The number of nitrogens with one attached hydrogen (secondary N) is 1. The van der Waals surface area contributed by atoms with Gasteiger partial charge in [0, 0.05) is 6.54 Å². The first-order valence-corrected chi connectivity index (χ1v) is 7.62. The van der Waals surface area contributed by atoms with Crippen LogP contribution in [0.5, 0.6) is 0 Å². The lowest BCUT2D eigenvalue weighted by molar-refractivity contribution is -0.120. The third-order valence-electron chi connectivity index (χ3n) is 4.37. The first-order chi connectivity index (χ1) is 10.1. The highest BCUT2D eigenvalue weighted by Gasteiger charge is 2.23. The molecule has 21 heavy (non-hydrogen) atoms. The van der Waals surface area contributed by atoms with Crippen molar-refractivity contribution in [1.82, 2.24) is 4.90 Å². The van der Waals surface area contributed by atoms with Crippen LogP contribution in [-0.2, 0) is 4.79 Å². The van der Waals surface area contributed by atoms with Crippen molar-refractivity contribution < 1.29 is 4.79 Å². The van der Waals surface area contributed by atoms with Crippen molar-refractivity contribution in [2.75, 3.05) is 18.9 Å². The van der Waals surface area contributed by atoms with Gasteiger partial charge in [-0.15, -0.1) is 0 Å². The molecule has 0 heterocycles. The number of benzene rings is 1. The summed E-state index contributed by atoms with van der Waals surface area (Å²) in [6.07, 6.45) is 5.18. The topological polar surface area (TPSA) is 56.1 Å². The number of anilines is 1. The lowest BCUT2D eigenvalue weighted by Gasteiger charge is -2.26. The van der Waals surface area contributed by atoms with Crippen LogP contribution in [0.3, 0.4) is 0 Å². The Morgan fingerprint density at radius 2 is 2.10 bits per heavy atom. The standard InChI is InChI=1S/C17H23N3O/c1-13(20(2)12-14-7-3-4-8-14)17(21)19-16-10-6-5-9-15(16)11-18/h5-6,9-10,13-14H,3-4,7-8,12H2,1-2H3,(H,19,21). The quantitative estimate of drug-likeness (QED) is 0.904. The van der Waals surface area contributed by atoms with E-state index in [1.54, 1.807) is 18.2 Å². The average molecular weight is 285 g/mol. The minimum Gasteiger partial charge on any atom is -0.324 e. The molecule has 0 saturated heterocycles. The zero-order valence-electron chi connectivity index (χ0n) is 12.8. The van der Waals surface area contributed by atoms with Gasteiger partial charge in [-0.05, 0) is 44.9 Å². The predicted octanol–water partition coefficient (Wildman–Crippen LogP) is 3.01. The second-order valence-corrected chi connectivity index (χ2v) is 5.91. The lowest BCUT2D eigenvalue weighted by atomic mass is 10.1. The molecule has 4 nitrogen and oxygen atoms in total. The van der Waals surface area contributed by atoms with E-state index in [1.165, 1.54) is 25.7 Å². The second kappa shape index (κ2) is 7.24. The normalized spacial score (nSPS) is 16.7. The molecule has 0 aliphatic heterocycles. The third-order valence-corrected chi connectivity index (χ3v) is 4.37. The van der Waals surface area contributed by atoms with Crippen LogP contribution in [0.25, 0.3) is 0 Å². The molecule has 0 spiro atoms.